The molecule has 2 N–H and O–H groups in total. The Morgan fingerprint density at radius 2 is 2.04 bits per heavy atom. The number of nitrogens with zero attached hydrogens (tertiary/aromatic N) is 1. The minimum atomic E-state index is -1.11. The number of hydrogen-bond donors (Lipinski definition) is 2. The summed E-state index contributed by atoms with van der Waals surface area (Å²) in [5, 5.41) is 11.9. The smallest absolute Gasteiger partial charge is 0.341 e. The fraction of sp³-hybridized carbons (Fsp3) is 0.0556. The van der Waals surface area contributed by atoms with Gasteiger partial charge in [0.15, 0.2) is 11.8 Å². The van der Waals surface area contributed by atoms with Crippen LogP contribution >= 0.6 is 23.4 Å². The van der Waals surface area contributed by atoms with Crippen molar-refractivity contribution >= 4 is 52.2 Å². The summed E-state index contributed by atoms with van der Waals surface area (Å²) in [6.45, 7) is -0.498. The molecule has 138 valence electrons. The number of carbonyl (C=O) groups is 2. The summed E-state index contributed by atoms with van der Waals surface area (Å²) in [6.07, 6.45) is 1.63. The predicted octanol–water partition coefficient (Wildman–Crippen LogP) is 3.83. The summed E-state index contributed by atoms with van der Waals surface area (Å²) in [5.41, 5.74) is 1.16. The molecule has 1 amide bonds. The molecule has 0 atom stereocenters. The molecule has 0 radical (unpaired) electrons. The molecule has 1 heterocycles. The maximum Gasteiger partial charge on any atom is 0.341 e. The van der Waals surface area contributed by atoms with Crippen molar-refractivity contribution in [1.29, 1.82) is 0 Å². The molecule has 6 nitrogen and oxygen atoms in total. The third-order valence-corrected chi connectivity index (χ3v) is 4.52. The fourth-order valence-electron chi connectivity index (χ4n) is 2.13. The first-order chi connectivity index (χ1) is 12.9. The summed E-state index contributed by atoms with van der Waals surface area (Å²) in [4.78, 5) is 27.3. The third kappa shape index (κ3) is 5.08. The van der Waals surface area contributed by atoms with E-state index in [1.54, 1.807) is 18.2 Å². The van der Waals surface area contributed by atoms with Crippen LogP contribution in [0.4, 0.5) is 10.1 Å². The van der Waals surface area contributed by atoms with Gasteiger partial charge in [-0.25, -0.2) is 14.2 Å². The molecule has 1 aliphatic rings. The summed E-state index contributed by atoms with van der Waals surface area (Å²) < 4.78 is 18.0. The molecule has 0 unspecified atom stereocenters. The van der Waals surface area contributed by atoms with E-state index in [9.17, 15) is 14.0 Å². The molecule has 1 aliphatic heterocycles. The molecule has 9 heteroatoms. The van der Waals surface area contributed by atoms with Gasteiger partial charge in [-0.1, -0.05) is 17.7 Å². The Labute approximate surface area is 162 Å². The number of carbonyl (C=O) groups excluding carboxylic acids is 1. The molecular weight excluding hydrogens is 395 g/mol. The molecule has 0 spiro atoms. The van der Waals surface area contributed by atoms with E-state index in [1.807, 2.05) is 0 Å². The van der Waals surface area contributed by atoms with Gasteiger partial charge in [0.05, 0.1) is 15.6 Å². The van der Waals surface area contributed by atoms with E-state index < -0.39 is 12.6 Å². The van der Waals surface area contributed by atoms with Crippen molar-refractivity contribution < 1.29 is 23.8 Å². The highest BCUT2D eigenvalue weighted by Crippen LogP contribution is 2.31. The second-order valence-electron chi connectivity index (χ2n) is 5.33. The lowest BCUT2D eigenvalue weighted by Gasteiger charge is -2.06. The molecule has 3 rings (SSSR count). The van der Waals surface area contributed by atoms with Gasteiger partial charge in [0.25, 0.3) is 5.91 Å². The Morgan fingerprint density at radius 1 is 1.30 bits per heavy atom. The van der Waals surface area contributed by atoms with Gasteiger partial charge < -0.3 is 15.2 Å². The average Bonchev–Trinajstić information content (AvgIpc) is 2.95. The minimum Gasteiger partial charge on any atom is -0.480 e. The molecule has 27 heavy (non-hydrogen) atoms. The van der Waals surface area contributed by atoms with Crippen molar-refractivity contribution in [3.63, 3.8) is 0 Å². The van der Waals surface area contributed by atoms with Crippen LogP contribution in [-0.4, -0.2) is 28.8 Å². The largest absolute Gasteiger partial charge is 0.480 e. The lowest BCUT2D eigenvalue weighted by atomic mass is 10.2. The van der Waals surface area contributed by atoms with Crippen LogP contribution in [0.3, 0.4) is 0 Å². The first kappa shape index (κ1) is 18.9. The van der Waals surface area contributed by atoms with E-state index in [4.69, 9.17) is 21.4 Å². The van der Waals surface area contributed by atoms with Crippen molar-refractivity contribution in [2.24, 2.45) is 4.99 Å². The van der Waals surface area contributed by atoms with Gasteiger partial charge in [0.2, 0.25) is 0 Å². The Balaban J connectivity index is 1.75. The highest BCUT2D eigenvalue weighted by atomic mass is 35.5. The van der Waals surface area contributed by atoms with Crippen LogP contribution in [0.5, 0.6) is 5.75 Å². The van der Waals surface area contributed by atoms with E-state index in [-0.39, 0.29) is 22.5 Å². The summed E-state index contributed by atoms with van der Waals surface area (Å²) in [6, 6.07) is 10.3. The number of hydrogen-bond acceptors (Lipinski definition) is 5. The second kappa shape index (κ2) is 8.24. The van der Waals surface area contributed by atoms with Crippen LogP contribution in [0.2, 0.25) is 5.02 Å². The number of amides is 1. The summed E-state index contributed by atoms with van der Waals surface area (Å²) in [5.74, 6) is -1.55. The molecule has 0 saturated carbocycles. The zero-order chi connectivity index (χ0) is 19.4. The Morgan fingerprint density at radius 3 is 2.70 bits per heavy atom. The van der Waals surface area contributed by atoms with Gasteiger partial charge in [-0.2, -0.15) is 0 Å². The predicted molar refractivity (Wildman–Crippen MR) is 102 cm³/mol. The van der Waals surface area contributed by atoms with Crippen molar-refractivity contribution in [2.45, 2.75) is 0 Å². The number of carboxylic acid groups (broad SMARTS) is 1. The second-order valence-corrected chi connectivity index (χ2v) is 6.77. The van der Waals surface area contributed by atoms with Crippen LogP contribution in [0.15, 0.2) is 52.4 Å². The number of halogens is 2. The lowest BCUT2D eigenvalue weighted by molar-refractivity contribution is -0.139. The normalized spacial score (nSPS) is 16.6. The summed E-state index contributed by atoms with van der Waals surface area (Å²) >= 11 is 7.22. The van der Waals surface area contributed by atoms with Gasteiger partial charge >= 0.3 is 5.97 Å². The zero-order valence-corrected chi connectivity index (χ0v) is 15.2. The minimum absolute atomic E-state index is 0.231. The van der Waals surface area contributed by atoms with Gasteiger partial charge in [0.1, 0.15) is 11.6 Å². The van der Waals surface area contributed by atoms with E-state index in [0.717, 1.165) is 11.8 Å². The topological polar surface area (TPSA) is 88.0 Å². The monoisotopic (exact) mass is 406 g/mol. The van der Waals surface area contributed by atoms with Crippen LogP contribution in [0.1, 0.15) is 5.56 Å². The van der Waals surface area contributed by atoms with Crippen LogP contribution in [0.25, 0.3) is 6.08 Å². The van der Waals surface area contributed by atoms with E-state index in [1.165, 1.54) is 30.3 Å². The number of carboxylic acids is 1. The average molecular weight is 407 g/mol. The molecule has 2 aromatic rings. The molecule has 1 fully saturated rings. The van der Waals surface area contributed by atoms with Crippen molar-refractivity contribution in [1.82, 2.24) is 5.32 Å². The first-order valence-electron chi connectivity index (χ1n) is 7.60. The summed E-state index contributed by atoms with van der Waals surface area (Å²) in [7, 11) is 0. The molecule has 2 aromatic carbocycles. The zero-order valence-electron chi connectivity index (χ0n) is 13.6. The molecule has 0 aliphatic carbocycles. The highest BCUT2D eigenvalue weighted by molar-refractivity contribution is 8.18. The number of aliphatic imine (C=N–C) groups is 1. The van der Waals surface area contributed by atoms with Crippen LogP contribution in [0, 0.1) is 5.82 Å². The Kier molecular flexibility index (Phi) is 5.78. The van der Waals surface area contributed by atoms with E-state index in [0.29, 0.717) is 21.3 Å². The molecule has 1 saturated heterocycles. The van der Waals surface area contributed by atoms with E-state index >= 15 is 0 Å². The lowest BCUT2D eigenvalue weighted by Crippen LogP contribution is -2.19. The Bertz CT molecular complexity index is 960. The fourth-order valence-corrected chi connectivity index (χ4v) is 3.21. The number of amidine groups is 1. The van der Waals surface area contributed by atoms with Crippen molar-refractivity contribution in [3.8, 4) is 5.75 Å². The molecule has 0 aromatic heterocycles. The Hall–Kier alpha value is -2.84. The van der Waals surface area contributed by atoms with Gasteiger partial charge in [-0.05, 0) is 59.8 Å². The van der Waals surface area contributed by atoms with Crippen molar-refractivity contribution in [3.05, 3.63) is 63.8 Å². The van der Waals surface area contributed by atoms with Gasteiger partial charge in [-0.3, -0.25) is 4.79 Å². The standard InChI is InChI=1S/C18H12ClFN2O4S/c19-13-7-10(1-6-14(13)26-9-16(23)24)8-15-17(25)22-18(27-15)21-12-4-2-11(20)3-5-12/h1-8H,9H2,(H,23,24)(H,21,22,25)/b15-8-. The number of thioether (sulfide) groups is 1. The number of aliphatic carboxylic acids is 1. The van der Waals surface area contributed by atoms with Gasteiger partial charge in [-0.15, -0.1) is 0 Å². The van der Waals surface area contributed by atoms with Gasteiger partial charge in [0, 0.05) is 0 Å². The SMILES string of the molecule is O=C(O)COc1ccc(/C=C2\SC(=Nc3ccc(F)cc3)NC2=O)cc1Cl. The van der Waals surface area contributed by atoms with Crippen LogP contribution < -0.4 is 10.1 Å². The maximum absolute atomic E-state index is 12.9. The highest BCUT2D eigenvalue weighted by Gasteiger charge is 2.23. The molecular formula is C18H12ClFN2O4S. The van der Waals surface area contributed by atoms with Crippen molar-refractivity contribution in [2.75, 3.05) is 6.61 Å². The molecule has 0 bridgehead atoms. The number of rotatable bonds is 5. The number of nitrogens with one attached hydrogen (secondary N) is 1. The van der Waals surface area contributed by atoms with E-state index in [2.05, 4.69) is 10.3 Å². The first-order valence-corrected chi connectivity index (χ1v) is 8.79. The number of benzene rings is 2. The maximum atomic E-state index is 12.9. The quantitative estimate of drug-likeness (QED) is 0.737. The number of ether oxygens (including phenoxy) is 1. The third-order valence-electron chi connectivity index (χ3n) is 3.31. The van der Waals surface area contributed by atoms with Crippen LogP contribution in [-0.2, 0) is 9.59 Å².